The number of aliphatic hydroxyl groups is 1. The van der Waals surface area contributed by atoms with Crippen LogP contribution in [0.3, 0.4) is 0 Å². The first-order valence-electron chi connectivity index (χ1n) is 11.4. The van der Waals surface area contributed by atoms with Crippen molar-refractivity contribution < 1.29 is 18.6 Å². The average molecular weight is 472 g/mol. The molecule has 2 N–H and O–H groups in total. The second kappa shape index (κ2) is 8.59. The zero-order valence-electron chi connectivity index (χ0n) is 19.1. The van der Waals surface area contributed by atoms with E-state index in [0.29, 0.717) is 24.6 Å². The Kier molecular flexibility index (Phi) is 5.73. The van der Waals surface area contributed by atoms with Crippen molar-refractivity contribution in [2.24, 2.45) is 0 Å². The van der Waals surface area contributed by atoms with Gasteiger partial charge in [-0.1, -0.05) is 6.07 Å². The molecule has 1 aromatic carbocycles. The number of hydrogen-bond acceptors (Lipinski definition) is 7. The van der Waals surface area contributed by atoms with Crippen molar-refractivity contribution in [3.8, 4) is 5.75 Å². The summed E-state index contributed by atoms with van der Waals surface area (Å²) in [5.74, 6) is -0.220. The largest absolute Gasteiger partial charge is 0.429 e. The molecule has 0 spiro atoms. The van der Waals surface area contributed by atoms with Gasteiger partial charge >= 0.3 is 6.61 Å². The summed E-state index contributed by atoms with van der Waals surface area (Å²) in [6, 6.07) is 6.72. The summed E-state index contributed by atoms with van der Waals surface area (Å²) in [4.78, 5) is 24.3. The van der Waals surface area contributed by atoms with Crippen LogP contribution < -0.4 is 15.6 Å². The number of hydrogen-bond donors (Lipinski definition) is 2. The van der Waals surface area contributed by atoms with Gasteiger partial charge in [0.25, 0.3) is 5.56 Å². The van der Waals surface area contributed by atoms with Crippen LogP contribution in [0.4, 0.5) is 20.4 Å². The molecule has 180 valence electrons. The van der Waals surface area contributed by atoms with Crippen LogP contribution in [-0.2, 0) is 13.0 Å². The number of nitrogens with one attached hydrogen (secondary N) is 1. The van der Waals surface area contributed by atoms with Crippen molar-refractivity contribution in [3.05, 3.63) is 51.9 Å². The molecule has 1 aliphatic carbocycles. The fourth-order valence-electron chi connectivity index (χ4n) is 5.06. The maximum absolute atomic E-state index is 13.2. The number of likely N-dealkylation sites (N-methyl/N-ethyl adjacent to an activating group) is 1. The first-order valence-corrected chi connectivity index (χ1v) is 11.4. The average Bonchev–Trinajstić information content (AvgIpc) is 3.13. The predicted octanol–water partition coefficient (Wildman–Crippen LogP) is 3.60. The highest BCUT2D eigenvalue weighted by Gasteiger charge is 2.40. The molecule has 3 aromatic rings. The molecule has 0 radical (unpaired) electrons. The number of nitrogens with zero attached hydrogens (tertiary/aromatic N) is 4. The van der Waals surface area contributed by atoms with Gasteiger partial charge in [-0.05, 0) is 69.0 Å². The summed E-state index contributed by atoms with van der Waals surface area (Å²) in [5, 5.41) is 14.5. The first-order chi connectivity index (χ1) is 16.2. The summed E-state index contributed by atoms with van der Waals surface area (Å²) in [5.41, 5.74) is 1.70. The number of alkyl halides is 2. The molecule has 5 rings (SSSR count). The summed E-state index contributed by atoms with van der Waals surface area (Å²) in [6.45, 7) is 0.389. The molecule has 0 amide bonds. The van der Waals surface area contributed by atoms with Crippen molar-refractivity contribution >= 4 is 22.7 Å². The van der Waals surface area contributed by atoms with Crippen LogP contribution in [0.25, 0.3) is 11.0 Å². The Morgan fingerprint density at radius 3 is 2.85 bits per heavy atom. The van der Waals surface area contributed by atoms with Gasteiger partial charge in [0.2, 0.25) is 5.95 Å². The highest BCUT2D eigenvalue weighted by Crippen LogP contribution is 2.40. The molecule has 2 aromatic heterocycles. The predicted molar refractivity (Wildman–Crippen MR) is 124 cm³/mol. The van der Waals surface area contributed by atoms with Gasteiger partial charge in [-0.25, -0.2) is 4.98 Å². The first kappa shape index (κ1) is 22.7. The fraction of sp³-hybridized carbons (Fsp3) is 0.458. The SMILES string of the molecule is CN1CCc2cc(Nc3ncc4cc(OC(F)F)c(=O)n([C@@H]5CCC[C@@]5(C)O)c4n3)ccc2C1. The summed E-state index contributed by atoms with van der Waals surface area (Å²) >= 11 is 0. The highest BCUT2D eigenvalue weighted by atomic mass is 19.3. The molecule has 0 bridgehead atoms. The molecule has 34 heavy (non-hydrogen) atoms. The molecule has 0 unspecified atom stereocenters. The minimum Gasteiger partial charge on any atom is -0.429 e. The van der Waals surface area contributed by atoms with Crippen molar-refractivity contribution in [2.75, 3.05) is 18.9 Å². The molecular formula is C24H27F2N5O3. The van der Waals surface area contributed by atoms with Crippen molar-refractivity contribution in [1.82, 2.24) is 19.4 Å². The Balaban J connectivity index is 1.57. The van der Waals surface area contributed by atoms with Crippen LogP contribution >= 0.6 is 0 Å². The van der Waals surface area contributed by atoms with Gasteiger partial charge in [0.15, 0.2) is 5.75 Å². The minimum absolute atomic E-state index is 0.260. The van der Waals surface area contributed by atoms with E-state index in [1.54, 1.807) is 6.92 Å². The van der Waals surface area contributed by atoms with Crippen molar-refractivity contribution in [1.29, 1.82) is 0 Å². The number of halogens is 2. The van der Waals surface area contributed by atoms with Gasteiger partial charge in [0.05, 0.1) is 11.6 Å². The maximum Gasteiger partial charge on any atom is 0.387 e. The summed E-state index contributed by atoms with van der Waals surface area (Å²) in [6.07, 6.45) is 4.13. The Hall–Kier alpha value is -3.11. The maximum atomic E-state index is 13.2. The van der Waals surface area contributed by atoms with Crippen molar-refractivity contribution in [3.63, 3.8) is 0 Å². The number of aromatic nitrogens is 3. The summed E-state index contributed by atoms with van der Waals surface area (Å²) in [7, 11) is 2.09. The van der Waals surface area contributed by atoms with Crippen LogP contribution in [0.5, 0.6) is 5.75 Å². The molecule has 2 aliphatic rings. The van der Waals surface area contributed by atoms with Crippen molar-refractivity contribution in [2.45, 2.75) is 57.4 Å². The second-order valence-electron chi connectivity index (χ2n) is 9.40. The van der Waals surface area contributed by atoms with E-state index >= 15 is 0 Å². The number of ether oxygens (including phenoxy) is 1. The molecule has 1 fully saturated rings. The molecular weight excluding hydrogens is 444 g/mol. The minimum atomic E-state index is -3.15. The van der Waals surface area contributed by atoms with Gasteiger partial charge < -0.3 is 20.1 Å². The van der Waals surface area contributed by atoms with E-state index in [9.17, 15) is 18.7 Å². The van der Waals surface area contributed by atoms with E-state index in [1.807, 2.05) is 6.07 Å². The third-order valence-corrected chi connectivity index (χ3v) is 6.81. The fourth-order valence-corrected chi connectivity index (χ4v) is 5.06. The Morgan fingerprint density at radius 1 is 1.29 bits per heavy atom. The van der Waals surface area contributed by atoms with Gasteiger partial charge in [-0.2, -0.15) is 13.8 Å². The molecule has 2 atom stereocenters. The standard InChI is InChI=1S/C24H27F2N5O3/c1-24(33)8-3-4-19(24)31-20-16(11-18(21(31)32)34-22(25)26)12-27-23(29-20)28-17-6-5-15-13-30(2)9-7-14(15)10-17/h5-6,10-12,19,22,33H,3-4,7-9,13H2,1-2H3,(H,27,28,29)/t19-,24-/m1/s1. The van der Waals surface area contributed by atoms with E-state index in [2.05, 4.69) is 44.1 Å². The van der Waals surface area contributed by atoms with Gasteiger partial charge in [0.1, 0.15) is 5.65 Å². The Bertz CT molecular complexity index is 1290. The lowest BCUT2D eigenvalue weighted by Gasteiger charge is -2.28. The lowest BCUT2D eigenvalue weighted by molar-refractivity contribution is -0.0513. The van der Waals surface area contributed by atoms with Crippen LogP contribution in [0.15, 0.2) is 35.3 Å². The second-order valence-corrected chi connectivity index (χ2v) is 9.40. The van der Waals surface area contributed by atoms with Crippen LogP contribution in [-0.4, -0.2) is 50.3 Å². The van der Waals surface area contributed by atoms with E-state index in [0.717, 1.165) is 25.2 Å². The van der Waals surface area contributed by atoms with Gasteiger partial charge in [-0.15, -0.1) is 0 Å². The molecule has 1 aliphatic heterocycles. The van der Waals surface area contributed by atoms with Gasteiger partial charge in [0, 0.05) is 30.4 Å². The Morgan fingerprint density at radius 2 is 2.12 bits per heavy atom. The van der Waals surface area contributed by atoms with E-state index < -0.39 is 29.6 Å². The third kappa shape index (κ3) is 4.23. The third-order valence-electron chi connectivity index (χ3n) is 6.81. The number of rotatable bonds is 5. The molecule has 1 saturated carbocycles. The quantitative estimate of drug-likeness (QED) is 0.587. The lowest BCUT2D eigenvalue weighted by Crippen LogP contribution is -2.38. The topological polar surface area (TPSA) is 92.5 Å². The van der Waals surface area contributed by atoms with Crippen LogP contribution in [0.1, 0.15) is 43.4 Å². The summed E-state index contributed by atoms with van der Waals surface area (Å²) < 4.78 is 31.7. The zero-order chi connectivity index (χ0) is 24.0. The van der Waals surface area contributed by atoms with Gasteiger partial charge in [-0.3, -0.25) is 9.36 Å². The lowest BCUT2D eigenvalue weighted by atomic mass is 9.99. The monoisotopic (exact) mass is 471 g/mol. The zero-order valence-corrected chi connectivity index (χ0v) is 19.1. The van der Waals surface area contributed by atoms with E-state index in [1.165, 1.54) is 28.0 Å². The molecule has 10 heteroatoms. The molecule has 0 saturated heterocycles. The Labute approximate surface area is 195 Å². The highest BCUT2D eigenvalue weighted by molar-refractivity contribution is 5.77. The number of benzene rings is 1. The normalized spacial score (nSPS) is 22.8. The smallest absolute Gasteiger partial charge is 0.387 e. The van der Waals surface area contributed by atoms with E-state index in [4.69, 9.17) is 0 Å². The molecule has 3 heterocycles. The van der Waals surface area contributed by atoms with Crippen LogP contribution in [0.2, 0.25) is 0 Å². The van der Waals surface area contributed by atoms with Crippen LogP contribution in [0, 0.1) is 0 Å². The molecule has 8 nitrogen and oxygen atoms in total. The number of anilines is 2. The number of fused-ring (bicyclic) bond motifs is 2. The number of pyridine rings is 1. The van der Waals surface area contributed by atoms with E-state index in [-0.39, 0.29) is 11.6 Å².